The molecule has 3 aromatic rings. The highest BCUT2D eigenvalue weighted by molar-refractivity contribution is 8.00. The summed E-state index contributed by atoms with van der Waals surface area (Å²) in [4.78, 5) is 26.7. The van der Waals surface area contributed by atoms with Crippen molar-refractivity contribution < 1.29 is 42.2 Å². The maximum Gasteiger partial charge on any atom is 0.446 e. The van der Waals surface area contributed by atoms with Crippen LogP contribution < -0.4 is 19.7 Å². The standard InChI is InChI=1S/C27H25F3N2O6S/c1-36-22-12-18(13-23(24(22)37-2)39-27(28,29)30)26(34)32-15-20(14-21(32)25(33)31-35)38-19-10-8-17(9-11-19)16-6-4-3-5-7-16/h3-13,20-21,35H,14-15H2,1-2H3,(H,31,33)/t20-,21+/m0/s1. The van der Waals surface area contributed by atoms with E-state index in [1.807, 2.05) is 42.5 Å². The van der Waals surface area contributed by atoms with Crippen LogP contribution in [0.25, 0.3) is 11.1 Å². The highest BCUT2D eigenvalue weighted by atomic mass is 32.2. The van der Waals surface area contributed by atoms with Crippen LogP contribution in [0.1, 0.15) is 16.8 Å². The fourth-order valence-corrected chi connectivity index (χ4v) is 5.11. The van der Waals surface area contributed by atoms with E-state index in [0.717, 1.165) is 22.1 Å². The lowest BCUT2D eigenvalue weighted by Gasteiger charge is -2.24. The van der Waals surface area contributed by atoms with Crippen LogP contribution in [-0.2, 0) is 4.79 Å². The topological polar surface area (TPSA) is 97.3 Å². The second kappa shape index (κ2) is 11.9. The first-order valence-electron chi connectivity index (χ1n) is 11.7. The Labute approximate surface area is 226 Å². The molecule has 0 bridgehead atoms. The van der Waals surface area contributed by atoms with Gasteiger partial charge in [0.2, 0.25) is 0 Å². The van der Waals surface area contributed by atoms with Crippen LogP contribution in [0.2, 0.25) is 0 Å². The van der Waals surface area contributed by atoms with Crippen molar-refractivity contribution >= 4 is 23.6 Å². The molecule has 0 aromatic heterocycles. The van der Waals surface area contributed by atoms with Crippen molar-refractivity contribution in [2.45, 2.75) is 29.0 Å². The summed E-state index contributed by atoms with van der Waals surface area (Å²) >= 11 is -0.451. The molecule has 2 N–H and O–H groups in total. The minimum atomic E-state index is -4.65. The van der Waals surface area contributed by atoms with Crippen molar-refractivity contribution in [2.24, 2.45) is 0 Å². The predicted octanol–water partition coefficient (Wildman–Crippen LogP) is 5.15. The zero-order valence-corrected chi connectivity index (χ0v) is 21.7. The number of benzene rings is 3. The molecule has 0 saturated carbocycles. The van der Waals surface area contributed by atoms with Crippen LogP contribution >= 0.6 is 11.8 Å². The van der Waals surface area contributed by atoms with Gasteiger partial charge >= 0.3 is 5.51 Å². The van der Waals surface area contributed by atoms with Gasteiger partial charge in [0.1, 0.15) is 17.9 Å². The molecule has 1 aliphatic heterocycles. The molecule has 206 valence electrons. The number of amides is 2. The van der Waals surface area contributed by atoms with Gasteiger partial charge in [0.05, 0.1) is 25.7 Å². The Kier molecular flexibility index (Phi) is 8.56. The zero-order chi connectivity index (χ0) is 28.2. The van der Waals surface area contributed by atoms with E-state index >= 15 is 0 Å². The molecule has 2 atom stereocenters. The van der Waals surface area contributed by atoms with Crippen molar-refractivity contribution in [1.29, 1.82) is 0 Å². The molecule has 0 radical (unpaired) electrons. The van der Waals surface area contributed by atoms with E-state index in [2.05, 4.69) is 0 Å². The van der Waals surface area contributed by atoms with Gasteiger partial charge < -0.3 is 19.1 Å². The minimum Gasteiger partial charge on any atom is -0.493 e. The second-order valence-electron chi connectivity index (χ2n) is 8.57. The largest absolute Gasteiger partial charge is 0.493 e. The first-order valence-corrected chi connectivity index (χ1v) is 12.5. The number of hydroxylamine groups is 1. The Morgan fingerprint density at radius 1 is 1.00 bits per heavy atom. The van der Waals surface area contributed by atoms with E-state index in [1.165, 1.54) is 20.3 Å². The van der Waals surface area contributed by atoms with Crippen LogP contribution in [0, 0.1) is 0 Å². The number of ether oxygens (including phenoxy) is 3. The van der Waals surface area contributed by atoms with Crippen LogP contribution in [0.15, 0.2) is 71.6 Å². The van der Waals surface area contributed by atoms with Gasteiger partial charge in [-0.25, -0.2) is 5.48 Å². The first-order chi connectivity index (χ1) is 18.6. The Morgan fingerprint density at radius 3 is 2.26 bits per heavy atom. The van der Waals surface area contributed by atoms with Crippen molar-refractivity contribution in [3.63, 3.8) is 0 Å². The molecular weight excluding hydrogens is 537 g/mol. The summed E-state index contributed by atoms with van der Waals surface area (Å²) in [6.45, 7) is -0.0482. The number of carbonyl (C=O) groups is 2. The molecule has 3 aromatic carbocycles. The Hall–Kier alpha value is -3.90. The average molecular weight is 563 g/mol. The number of nitrogens with one attached hydrogen (secondary N) is 1. The number of hydrogen-bond donors (Lipinski definition) is 2. The molecule has 1 fully saturated rings. The molecule has 1 saturated heterocycles. The van der Waals surface area contributed by atoms with Crippen molar-refractivity contribution in [1.82, 2.24) is 10.4 Å². The summed E-state index contributed by atoms with van der Waals surface area (Å²) in [5.74, 6) is -1.34. The van der Waals surface area contributed by atoms with Gasteiger partial charge in [0.25, 0.3) is 11.8 Å². The van der Waals surface area contributed by atoms with Gasteiger partial charge in [0.15, 0.2) is 11.5 Å². The Balaban J connectivity index is 1.58. The number of carbonyl (C=O) groups excluding carboxylic acids is 2. The maximum atomic E-state index is 13.5. The average Bonchev–Trinajstić information content (AvgIpc) is 3.35. The second-order valence-corrected chi connectivity index (χ2v) is 9.68. The van der Waals surface area contributed by atoms with Crippen LogP contribution in [0.4, 0.5) is 13.2 Å². The first kappa shape index (κ1) is 28.1. The van der Waals surface area contributed by atoms with Crippen molar-refractivity contribution in [3.05, 3.63) is 72.3 Å². The molecule has 4 rings (SSSR count). The Morgan fingerprint density at radius 2 is 1.67 bits per heavy atom. The van der Waals surface area contributed by atoms with Crippen molar-refractivity contribution in [3.8, 4) is 28.4 Å². The lowest BCUT2D eigenvalue weighted by atomic mass is 10.1. The highest BCUT2D eigenvalue weighted by Gasteiger charge is 2.42. The van der Waals surface area contributed by atoms with E-state index in [9.17, 15) is 28.0 Å². The molecule has 39 heavy (non-hydrogen) atoms. The molecule has 0 aliphatic carbocycles. The van der Waals surface area contributed by atoms with Gasteiger partial charge in [-0.1, -0.05) is 42.5 Å². The van der Waals surface area contributed by atoms with Crippen molar-refractivity contribution in [2.75, 3.05) is 20.8 Å². The number of nitrogens with zero attached hydrogens (tertiary/aromatic N) is 1. The molecule has 12 heteroatoms. The van der Waals surface area contributed by atoms with E-state index in [-0.39, 0.29) is 34.9 Å². The van der Waals surface area contributed by atoms with Crippen LogP contribution in [0.3, 0.4) is 0 Å². The maximum absolute atomic E-state index is 13.5. The van der Waals surface area contributed by atoms with Gasteiger partial charge in [-0.05, 0) is 47.2 Å². The Bertz CT molecular complexity index is 1320. The lowest BCUT2D eigenvalue weighted by Crippen LogP contribution is -2.45. The molecule has 8 nitrogen and oxygen atoms in total. The predicted molar refractivity (Wildman–Crippen MR) is 137 cm³/mol. The van der Waals surface area contributed by atoms with E-state index in [4.69, 9.17) is 14.2 Å². The smallest absolute Gasteiger partial charge is 0.446 e. The summed E-state index contributed by atoms with van der Waals surface area (Å²) < 4.78 is 55.9. The third-order valence-electron chi connectivity index (χ3n) is 6.12. The quantitative estimate of drug-likeness (QED) is 0.223. The summed E-state index contributed by atoms with van der Waals surface area (Å²) in [5, 5.41) is 9.26. The van der Waals surface area contributed by atoms with E-state index in [0.29, 0.717) is 5.75 Å². The highest BCUT2D eigenvalue weighted by Crippen LogP contribution is 2.46. The van der Waals surface area contributed by atoms with Gasteiger partial charge in [0, 0.05) is 12.0 Å². The van der Waals surface area contributed by atoms with Gasteiger partial charge in [-0.2, -0.15) is 13.2 Å². The van der Waals surface area contributed by atoms with E-state index < -0.39 is 41.2 Å². The van der Waals surface area contributed by atoms with Gasteiger partial charge in [-0.15, -0.1) is 0 Å². The van der Waals surface area contributed by atoms with E-state index in [1.54, 1.807) is 17.6 Å². The minimum absolute atomic E-state index is 0.0482. The number of halogens is 3. The summed E-state index contributed by atoms with van der Waals surface area (Å²) in [5.41, 5.74) is -1.25. The summed E-state index contributed by atoms with van der Waals surface area (Å²) in [7, 11) is 2.43. The molecule has 0 spiro atoms. The van der Waals surface area contributed by atoms with Crippen LogP contribution in [0.5, 0.6) is 17.2 Å². The fourth-order valence-electron chi connectivity index (χ4n) is 4.40. The third-order valence-corrected chi connectivity index (χ3v) is 6.87. The van der Waals surface area contributed by atoms with Gasteiger partial charge in [-0.3, -0.25) is 14.8 Å². The number of likely N-dealkylation sites (tertiary alicyclic amines) is 1. The number of hydrogen-bond acceptors (Lipinski definition) is 7. The SMILES string of the molecule is COc1cc(C(=O)N2C[C@@H](Oc3ccc(-c4ccccc4)cc3)C[C@@H]2C(=O)NO)cc(SC(F)(F)F)c1OC. The number of thioether (sulfide) groups is 1. The van der Waals surface area contributed by atoms with Crippen LogP contribution in [-0.4, -0.2) is 60.3 Å². The monoisotopic (exact) mass is 562 g/mol. The number of alkyl halides is 3. The zero-order valence-electron chi connectivity index (χ0n) is 20.9. The molecule has 0 unspecified atom stereocenters. The molecular formula is C27H25F3N2O6S. The summed E-state index contributed by atoms with van der Waals surface area (Å²) in [6.07, 6.45) is -0.571. The molecule has 1 heterocycles. The summed E-state index contributed by atoms with van der Waals surface area (Å²) in [6, 6.07) is 18.2. The number of methoxy groups -OCH3 is 2. The fraction of sp³-hybridized carbons (Fsp3) is 0.259. The molecule has 1 aliphatic rings. The normalized spacial score (nSPS) is 17.0. The lowest BCUT2D eigenvalue weighted by molar-refractivity contribution is -0.133. The third kappa shape index (κ3) is 6.58. The number of rotatable bonds is 8. The molecule has 2 amide bonds.